The number of hydrogen-bond donors (Lipinski definition) is 1. The number of nitrogens with zero attached hydrogens (tertiary/aromatic N) is 1. The van der Waals surface area contributed by atoms with Gasteiger partial charge in [0.1, 0.15) is 5.03 Å². The Morgan fingerprint density at radius 3 is 2.30 bits per heavy atom. The number of aromatic nitrogens is 1. The lowest BCUT2D eigenvalue weighted by atomic mass is 9.53. The van der Waals surface area contributed by atoms with Crippen LogP contribution in [0.4, 0.5) is 13.2 Å². The zero-order valence-electron chi connectivity index (χ0n) is 15.0. The van der Waals surface area contributed by atoms with Crippen LogP contribution in [-0.2, 0) is 11.0 Å². The lowest BCUT2D eigenvalue weighted by Crippen LogP contribution is -2.60. The molecular weight excluding hydrogens is 397 g/mol. The molecule has 148 valence electrons. The van der Waals surface area contributed by atoms with Crippen molar-refractivity contribution >= 4 is 29.3 Å². The van der Waals surface area contributed by atoms with Crippen molar-refractivity contribution in [2.24, 2.45) is 17.8 Å². The smallest absolute Gasteiger partial charge is 0.350 e. The third-order valence-electron chi connectivity index (χ3n) is 6.22. The molecule has 0 radical (unpaired) electrons. The summed E-state index contributed by atoms with van der Waals surface area (Å²) < 4.78 is 38.2. The molecule has 0 saturated heterocycles. The normalized spacial score (nSPS) is 33.1. The van der Waals surface area contributed by atoms with Crippen LogP contribution in [0.1, 0.15) is 51.0 Å². The van der Waals surface area contributed by atoms with Crippen LogP contribution in [0.15, 0.2) is 17.3 Å². The number of carbonyl (C=O) groups excluding carboxylic acids is 1. The standard InChI is InChI=1S/C19H22ClF3N2OS/c1-10(27-17-15(20)5-14(9-24-17)19(21,22)23)16(26)25-18-6-11-2-12(7-18)4-13(3-11)8-18/h5,9-13H,2-4,6-8H2,1H3,(H,25,26). The molecule has 8 heteroatoms. The Morgan fingerprint density at radius 1 is 1.26 bits per heavy atom. The minimum atomic E-state index is -4.48. The van der Waals surface area contributed by atoms with Gasteiger partial charge in [-0.1, -0.05) is 23.4 Å². The number of nitrogens with one attached hydrogen (secondary N) is 1. The quantitative estimate of drug-likeness (QED) is 0.673. The van der Waals surface area contributed by atoms with Gasteiger partial charge in [0.25, 0.3) is 0 Å². The summed E-state index contributed by atoms with van der Waals surface area (Å²) in [6, 6.07) is 0.862. The second kappa shape index (κ2) is 6.83. The summed E-state index contributed by atoms with van der Waals surface area (Å²) >= 11 is 7.07. The van der Waals surface area contributed by atoms with E-state index in [2.05, 4.69) is 10.3 Å². The molecule has 0 aromatic carbocycles. The monoisotopic (exact) mass is 418 g/mol. The van der Waals surface area contributed by atoms with E-state index in [1.54, 1.807) is 6.92 Å². The van der Waals surface area contributed by atoms with E-state index >= 15 is 0 Å². The molecule has 3 nitrogen and oxygen atoms in total. The minimum absolute atomic E-state index is 0.0794. The Balaban J connectivity index is 1.41. The zero-order chi connectivity index (χ0) is 19.4. The first-order valence-electron chi connectivity index (χ1n) is 9.35. The van der Waals surface area contributed by atoms with E-state index in [9.17, 15) is 18.0 Å². The maximum absolute atomic E-state index is 12.8. The van der Waals surface area contributed by atoms with Crippen LogP contribution < -0.4 is 5.32 Å². The van der Waals surface area contributed by atoms with Crippen molar-refractivity contribution in [1.82, 2.24) is 10.3 Å². The van der Waals surface area contributed by atoms with Crippen molar-refractivity contribution in [1.29, 1.82) is 0 Å². The van der Waals surface area contributed by atoms with Crippen LogP contribution in [0.2, 0.25) is 5.02 Å². The summed E-state index contributed by atoms with van der Waals surface area (Å²) in [5.74, 6) is 2.10. The number of thioether (sulfide) groups is 1. The predicted molar refractivity (Wildman–Crippen MR) is 98.6 cm³/mol. The largest absolute Gasteiger partial charge is 0.417 e. The van der Waals surface area contributed by atoms with Crippen LogP contribution >= 0.6 is 23.4 Å². The lowest BCUT2D eigenvalue weighted by molar-refractivity contribution is -0.138. The molecule has 1 atom stereocenters. The number of rotatable bonds is 4. The number of pyridine rings is 1. The van der Waals surface area contributed by atoms with Crippen molar-refractivity contribution in [3.8, 4) is 0 Å². The van der Waals surface area contributed by atoms with Gasteiger partial charge in [0.05, 0.1) is 15.8 Å². The molecule has 1 heterocycles. The van der Waals surface area contributed by atoms with Crippen molar-refractivity contribution in [2.75, 3.05) is 0 Å². The lowest BCUT2D eigenvalue weighted by Gasteiger charge is -2.57. The zero-order valence-corrected chi connectivity index (χ0v) is 16.6. The van der Waals surface area contributed by atoms with Gasteiger partial charge in [-0.2, -0.15) is 13.2 Å². The van der Waals surface area contributed by atoms with Gasteiger partial charge in [0, 0.05) is 11.7 Å². The highest BCUT2D eigenvalue weighted by atomic mass is 35.5. The Labute approximate surface area is 165 Å². The van der Waals surface area contributed by atoms with Crippen molar-refractivity contribution in [3.63, 3.8) is 0 Å². The SMILES string of the molecule is CC(Sc1ncc(C(F)(F)F)cc1Cl)C(=O)NC12CC3CC(CC(C3)C1)C2. The van der Waals surface area contributed by atoms with Gasteiger partial charge in [-0.25, -0.2) is 4.98 Å². The average Bonchev–Trinajstić information content (AvgIpc) is 2.53. The third-order valence-corrected chi connectivity index (χ3v) is 7.74. The molecule has 4 bridgehead atoms. The van der Waals surface area contributed by atoms with Gasteiger partial charge in [0.15, 0.2) is 0 Å². The van der Waals surface area contributed by atoms with Gasteiger partial charge in [0.2, 0.25) is 5.91 Å². The summed E-state index contributed by atoms with van der Waals surface area (Å²) in [6.45, 7) is 1.75. The molecule has 0 spiro atoms. The summed E-state index contributed by atoms with van der Waals surface area (Å²) in [7, 11) is 0. The van der Waals surface area contributed by atoms with E-state index < -0.39 is 17.0 Å². The van der Waals surface area contributed by atoms with E-state index in [-0.39, 0.29) is 21.5 Å². The van der Waals surface area contributed by atoms with Crippen LogP contribution in [0.3, 0.4) is 0 Å². The number of alkyl halides is 3. The first-order valence-corrected chi connectivity index (χ1v) is 10.6. The summed E-state index contributed by atoms with van der Waals surface area (Å²) in [5.41, 5.74) is -0.972. The molecule has 4 fully saturated rings. The van der Waals surface area contributed by atoms with Gasteiger partial charge < -0.3 is 5.32 Å². The molecule has 1 aromatic rings. The number of amides is 1. The predicted octanol–water partition coefficient (Wildman–Crippen LogP) is 5.32. The van der Waals surface area contributed by atoms with Crippen LogP contribution in [0.5, 0.6) is 0 Å². The van der Waals surface area contributed by atoms with Gasteiger partial charge in [-0.05, 0) is 69.3 Å². The van der Waals surface area contributed by atoms with E-state index in [0.717, 1.165) is 61.0 Å². The fourth-order valence-corrected chi connectivity index (χ4v) is 6.60. The maximum Gasteiger partial charge on any atom is 0.417 e. The molecule has 1 unspecified atom stereocenters. The van der Waals surface area contributed by atoms with Crippen molar-refractivity contribution < 1.29 is 18.0 Å². The topological polar surface area (TPSA) is 42.0 Å². The number of carbonyl (C=O) groups is 1. The highest BCUT2D eigenvalue weighted by Crippen LogP contribution is 2.55. The van der Waals surface area contributed by atoms with Crippen LogP contribution in [0, 0.1) is 17.8 Å². The molecule has 4 aliphatic rings. The molecular formula is C19H22ClF3N2OS. The second-order valence-corrected chi connectivity index (χ2v) is 10.2. The number of hydrogen-bond acceptors (Lipinski definition) is 3. The molecule has 27 heavy (non-hydrogen) atoms. The Hall–Kier alpha value is -0.950. The molecule has 4 aliphatic carbocycles. The fourth-order valence-electron chi connectivity index (χ4n) is 5.51. The van der Waals surface area contributed by atoms with E-state index in [0.29, 0.717) is 0 Å². The summed E-state index contributed by atoms with van der Waals surface area (Å²) in [6.07, 6.45) is 3.34. The van der Waals surface area contributed by atoms with E-state index in [1.807, 2.05) is 0 Å². The summed E-state index contributed by atoms with van der Waals surface area (Å²) in [5, 5.41) is 2.99. The maximum atomic E-state index is 12.8. The van der Waals surface area contributed by atoms with E-state index in [4.69, 9.17) is 11.6 Å². The third kappa shape index (κ3) is 3.95. The second-order valence-electron chi connectivity index (χ2n) is 8.46. The Kier molecular flexibility index (Phi) is 4.90. The highest BCUT2D eigenvalue weighted by molar-refractivity contribution is 8.00. The molecule has 1 N–H and O–H groups in total. The van der Waals surface area contributed by atoms with Gasteiger partial charge >= 0.3 is 6.18 Å². The van der Waals surface area contributed by atoms with Crippen LogP contribution in [-0.4, -0.2) is 21.7 Å². The molecule has 0 aliphatic heterocycles. The molecule has 5 rings (SSSR count). The van der Waals surface area contributed by atoms with Crippen LogP contribution in [0.25, 0.3) is 0 Å². The molecule has 1 amide bonds. The van der Waals surface area contributed by atoms with Gasteiger partial charge in [-0.15, -0.1) is 0 Å². The fraction of sp³-hybridized carbons (Fsp3) is 0.684. The molecule has 1 aromatic heterocycles. The van der Waals surface area contributed by atoms with Gasteiger partial charge in [-0.3, -0.25) is 4.79 Å². The summed E-state index contributed by atoms with van der Waals surface area (Å²) in [4.78, 5) is 16.6. The Morgan fingerprint density at radius 2 is 1.81 bits per heavy atom. The first kappa shape index (κ1) is 19.4. The van der Waals surface area contributed by atoms with E-state index in [1.165, 1.54) is 19.3 Å². The highest BCUT2D eigenvalue weighted by Gasteiger charge is 2.51. The average molecular weight is 419 g/mol. The molecule has 4 saturated carbocycles. The number of halogens is 4. The van der Waals surface area contributed by atoms with Crippen molar-refractivity contribution in [2.45, 2.75) is 67.4 Å². The van der Waals surface area contributed by atoms with Crippen molar-refractivity contribution in [3.05, 3.63) is 22.8 Å². The Bertz CT molecular complexity index is 720. The minimum Gasteiger partial charge on any atom is -0.350 e. The first-order chi connectivity index (χ1) is 12.6.